The number of aromatic nitrogens is 4. The number of ether oxygens (including phenoxy) is 6. The number of hydrogen-bond donors (Lipinski definition) is 0. The Kier molecular flexibility index (Phi) is 22.4. The van der Waals surface area contributed by atoms with E-state index < -0.39 is 36.1 Å². The monoisotopic (exact) mass is 1280 g/mol. The van der Waals surface area contributed by atoms with E-state index in [1.165, 1.54) is 0 Å². The van der Waals surface area contributed by atoms with Crippen LogP contribution >= 0.6 is 0 Å². The molecule has 8 aliphatic rings. The van der Waals surface area contributed by atoms with E-state index in [4.69, 9.17) is 48.4 Å². The Balaban J connectivity index is 0.000000205. The first-order valence-electron chi connectivity index (χ1n) is 32.4. The summed E-state index contributed by atoms with van der Waals surface area (Å²) in [6.07, 6.45) is 24.3. The van der Waals surface area contributed by atoms with Gasteiger partial charge in [-0.05, 0) is 149 Å². The summed E-state index contributed by atoms with van der Waals surface area (Å²) in [6, 6.07) is 9.72. The molecular formula is C68H88N6O12V2-2. The van der Waals surface area contributed by atoms with Crippen LogP contribution in [0.5, 0.6) is 23.3 Å². The molecule has 474 valence electrons. The fraction of sp³-hybridized carbons (Fsp3) is 0.676. The molecule has 4 aromatic rings. The summed E-state index contributed by atoms with van der Waals surface area (Å²) in [5.41, 5.74) is 3.81. The van der Waals surface area contributed by atoms with E-state index in [1.54, 1.807) is 24.0 Å². The predicted octanol–water partition coefficient (Wildman–Crippen LogP) is 10.7. The summed E-state index contributed by atoms with van der Waals surface area (Å²) in [6.45, 7) is 8.53. The van der Waals surface area contributed by atoms with Crippen LogP contribution in [0.3, 0.4) is 0 Å². The molecule has 20 heteroatoms. The standard InChI is InChI=1S/C35H46N3O6.C33H42N3O6.2V/c1-22-29(21-39)38-20-31(22)44-33-27(36-26-15-14-24(42-3)18-28(26)37-33)12-6-4-5-10-23-11-9-13-30(23)43-32(40)19-25(34(38)41)35(2)16-7-8-17-35;1-20-27(19-37)36-18-29(20)42-31-25(34-24-12-11-22(40-3)16-26(24)35-31)10-6-4-5-9-21-15-28(21)41-30(38)17-23(32(36)39)33(2)13-7-8-14-33;;/h14-15,18,22-23,25,29-31H,4-13,16-17,19-20H2,1-3H3;11-12,16,20-21,23,27-29H,4-10,13-15,17-18H2,1-3H3;;/q2*-1;;/t22-,23+,25+,29+,30+,31-;20-,21+,23+,27+,28+,29-;;/m00../s1. The van der Waals surface area contributed by atoms with Crippen molar-refractivity contribution in [3.05, 3.63) is 47.8 Å². The Hall–Kier alpha value is -5.29. The normalized spacial score (nSPS) is 30.8. The second-order valence-corrected chi connectivity index (χ2v) is 27.0. The number of nitrogens with zero attached hydrogens (tertiary/aromatic N) is 6. The van der Waals surface area contributed by atoms with Gasteiger partial charge in [0.25, 0.3) is 0 Å². The van der Waals surface area contributed by atoms with Gasteiger partial charge in [-0.15, -0.1) is 0 Å². The summed E-state index contributed by atoms with van der Waals surface area (Å²) in [7, 11) is 3.23. The molecule has 4 aliphatic heterocycles. The number of methoxy groups -OCH3 is 2. The van der Waals surface area contributed by atoms with Crippen LogP contribution in [0.1, 0.15) is 180 Å². The Morgan fingerprint density at radius 2 is 0.932 bits per heavy atom. The average molecular weight is 1280 g/mol. The summed E-state index contributed by atoms with van der Waals surface area (Å²) in [5, 5.41) is 0. The molecule has 0 N–H and O–H groups in total. The molecule has 4 saturated carbocycles. The van der Waals surface area contributed by atoms with E-state index in [0.29, 0.717) is 59.0 Å². The van der Waals surface area contributed by atoms with Crippen molar-refractivity contribution in [2.24, 2.45) is 46.3 Å². The first kappa shape index (κ1) is 67.1. The summed E-state index contributed by atoms with van der Waals surface area (Å²) in [5.74, 6) is 0.367. The molecule has 2 saturated heterocycles. The average Bonchev–Trinajstić information content (AvgIpc) is 2.47. The maximum absolute atomic E-state index is 14.4. The molecular weight excluding hydrogens is 1190 g/mol. The van der Waals surface area contributed by atoms with E-state index >= 15 is 0 Å². The van der Waals surface area contributed by atoms with Gasteiger partial charge >= 0.3 is 11.9 Å². The number of hydrogen-bond acceptors (Lipinski definition) is 16. The molecule has 0 unspecified atom stereocenters. The quantitative estimate of drug-likeness (QED) is 0.130. The molecule has 4 bridgehead atoms. The van der Waals surface area contributed by atoms with Crippen molar-refractivity contribution in [2.45, 2.75) is 218 Å². The van der Waals surface area contributed by atoms with Crippen molar-refractivity contribution in [3.63, 3.8) is 0 Å². The molecule has 12 rings (SSSR count). The zero-order valence-corrected chi connectivity index (χ0v) is 55.0. The first-order valence-corrected chi connectivity index (χ1v) is 32.4. The van der Waals surface area contributed by atoms with Crippen molar-refractivity contribution in [1.29, 1.82) is 0 Å². The molecule has 6 fully saturated rings. The third kappa shape index (κ3) is 14.7. The number of carbonyl (C=O) groups excluding carboxylic acids is 6. The van der Waals surface area contributed by atoms with Gasteiger partial charge in [0.15, 0.2) is 0 Å². The minimum Gasteiger partial charge on any atom is -0.540 e. The zero-order valence-electron chi connectivity index (χ0n) is 52.3. The fourth-order valence-electron chi connectivity index (χ4n) is 15.6. The number of amides is 2. The van der Waals surface area contributed by atoms with Crippen LogP contribution in [0, 0.1) is 46.3 Å². The molecule has 18 nitrogen and oxygen atoms in total. The SMILES string of the molecule is COc1ccc2nc3c(nc2c1)O[C@H]1CN(C(=O)[C@H](C2(C)CCCC2)CC(=O)O[C@@H]2CCC[C@H]2CCCCC3)[C@H]([C-]=O)[C@@H]1C.COc1ccc2nc3c(nc2c1)O[C@H]1CN(C(=O)[C@H](C2(C)CCCC2)CC(=O)O[C@@H]2C[C@H]2CCCCC3)[C@H]([C-]=O)[C@@H]1C.[V].[V]. The van der Waals surface area contributed by atoms with Crippen molar-refractivity contribution < 1.29 is 94.3 Å². The van der Waals surface area contributed by atoms with Gasteiger partial charge in [0.2, 0.25) is 23.6 Å². The Morgan fingerprint density at radius 3 is 1.38 bits per heavy atom. The fourth-order valence-corrected chi connectivity index (χ4v) is 15.6. The molecule has 2 radical (unpaired) electrons. The minimum absolute atomic E-state index is 0. The van der Waals surface area contributed by atoms with E-state index in [1.807, 2.05) is 50.2 Å². The van der Waals surface area contributed by atoms with E-state index in [2.05, 4.69) is 26.4 Å². The van der Waals surface area contributed by atoms with Crippen LogP contribution in [0.2, 0.25) is 0 Å². The van der Waals surface area contributed by atoms with Crippen LogP contribution in [0.4, 0.5) is 0 Å². The molecule has 2 amide bonds. The second-order valence-electron chi connectivity index (χ2n) is 27.0. The smallest absolute Gasteiger partial charge is 0.306 e. The van der Waals surface area contributed by atoms with Crippen molar-refractivity contribution >= 4 is 58.4 Å². The van der Waals surface area contributed by atoms with Gasteiger partial charge in [-0.1, -0.05) is 91.1 Å². The van der Waals surface area contributed by atoms with E-state index in [9.17, 15) is 28.8 Å². The van der Waals surface area contributed by atoms with Crippen LogP contribution in [-0.2, 0) is 88.2 Å². The van der Waals surface area contributed by atoms with Gasteiger partial charge in [-0.25, -0.2) is 32.5 Å². The van der Waals surface area contributed by atoms with Gasteiger partial charge in [0.1, 0.15) is 47.3 Å². The number of esters is 2. The molecule has 0 spiro atoms. The zero-order chi connectivity index (χ0) is 60.3. The topological polar surface area (TPSA) is 216 Å². The van der Waals surface area contributed by atoms with Crippen molar-refractivity contribution in [1.82, 2.24) is 29.7 Å². The largest absolute Gasteiger partial charge is 0.540 e. The summed E-state index contributed by atoms with van der Waals surface area (Å²) >= 11 is 0. The van der Waals surface area contributed by atoms with Crippen molar-refractivity contribution in [3.8, 4) is 23.3 Å². The van der Waals surface area contributed by atoms with E-state index in [-0.39, 0.29) is 122 Å². The maximum Gasteiger partial charge on any atom is 0.306 e. The number of fused-ring (bicyclic) bond motifs is 10. The molecule has 2 aromatic carbocycles. The molecule has 12 atom stereocenters. The summed E-state index contributed by atoms with van der Waals surface area (Å²) in [4.78, 5) is 103. The molecule has 4 aliphatic carbocycles. The number of rotatable bonds is 6. The van der Waals surface area contributed by atoms with Crippen LogP contribution < -0.4 is 18.9 Å². The predicted molar refractivity (Wildman–Crippen MR) is 321 cm³/mol. The van der Waals surface area contributed by atoms with Gasteiger partial charge < -0.3 is 47.8 Å². The van der Waals surface area contributed by atoms with Gasteiger partial charge in [-0.3, -0.25) is 19.2 Å². The Morgan fingerprint density at radius 1 is 0.500 bits per heavy atom. The third-order valence-electron chi connectivity index (χ3n) is 21.2. The van der Waals surface area contributed by atoms with Crippen LogP contribution in [0.15, 0.2) is 36.4 Å². The Bertz CT molecular complexity index is 3140. The van der Waals surface area contributed by atoms with Gasteiger partial charge in [-0.2, -0.15) is 0 Å². The Labute approximate surface area is 542 Å². The van der Waals surface area contributed by atoms with Crippen LogP contribution in [-0.4, -0.2) is 130 Å². The van der Waals surface area contributed by atoms with Crippen LogP contribution in [0.25, 0.3) is 22.1 Å². The molecule has 6 heterocycles. The number of carbonyl (C=O) groups is 4. The minimum atomic E-state index is -0.769. The third-order valence-corrected chi connectivity index (χ3v) is 21.2. The number of benzene rings is 2. The van der Waals surface area contributed by atoms with Gasteiger partial charge in [0, 0.05) is 49.2 Å². The van der Waals surface area contributed by atoms with E-state index in [0.717, 1.165) is 151 Å². The number of aryl methyl sites for hydroxylation is 2. The summed E-state index contributed by atoms with van der Waals surface area (Å²) < 4.78 is 36.0. The molecule has 88 heavy (non-hydrogen) atoms. The maximum atomic E-state index is 14.4. The second kappa shape index (κ2) is 29.3. The van der Waals surface area contributed by atoms with Gasteiger partial charge in [0.05, 0.1) is 74.1 Å². The van der Waals surface area contributed by atoms with Crippen molar-refractivity contribution in [2.75, 3.05) is 27.3 Å². The molecule has 2 aromatic heterocycles. The first-order chi connectivity index (χ1) is 41.6.